The van der Waals surface area contributed by atoms with Crippen LogP contribution in [0.5, 0.6) is 0 Å². The topological polar surface area (TPSA) is 115 Å². The summed E-state index contributed by atoms with van der Waals surface area (Å²) < 4.78 is 61.9. The Hall–Kier alpha value is -2.13. The van der Waals surface area contributed by atoms with Gasteiger partial charge >= 0.3 is 0 Å². The van der Waals surface area contributed by atoms with Crippen molar-refractivity contribution in [2.75, 3.05) is 26.3 Å². The molecule has 14 heteroatoms. The van der Waals surface area contributed by atoms with Crippen molar-refractivity contribution in [3.8, 4) is 10.8 Å². The number of fused-ring (bicyclic) bond motifs is 1. The van der Waals surface area contributed by atoms with Crippen molar-refractivity contribution in [1.82, 2.24) is 34.4 Å². The minimum atomic E-state index is -3.82. The van der Waals surface area contributed by atoms with Crippen molar-refractivity contribution in [2.24, 2.45) is 0 Å². The number of hydrogen-bond donors (Lipinski definition) is 1. The minimum Gasteiger partial charge on any atom is -0.379 e. The van der Waals surface area contributed by atoms with Crippen molar-refractivity contribution in [3.63, 3.8) is 0 Å². The number of morpholine rings is 1. The molecular weight excluding hydrogens is 464 g/mol. The van der Waals surface area contributed by atoms with Crippen LogP contribution in [0.3, 0.4) is 0 Å². The summed E-state index contributed by atoms with van der Waals surface area (Å²) in [4.78, 5) is 2.19. The number of ether oxygens (including phenoxy) is 1. The smallest absolute Gasteiger partial charge is 0.291 e. The third-order valence-electron chi connectivity index (χ3n) is 5.56. The molecule has 2 aliphatic rings. The maximum Gasteiger partial charge on any atom is 0.291 e. The lowest BCUT2D eigenvalue weighted by atomic mass is 10.2. The van der Waals surface area contributed by atoms with Gasteiger partial charge in [-0.3, -0.25) is 9.30 Å². The quantitative estimate of drug-likeness (QED) is 0.539. The third kappa shape index (κ3) is 4.24. The highest BCUT2D eigenvalue weighted by Gasteiger charge is 2.41. The van der Waals surface area contributed by atoms with Crippen LogP contribution in [0.1, 0.15) is 36.8 Å². The summed E-state index contributed by atoms with van der Waals surface area (Å²) in [5.74, 6) is 0.169. The summed E-state index contributed by atoms with van der Waals surface area (Å²) in [7, 11) is -3.82. The maximum absolute atomic E-state index is 13.1. The lowest BCUT2D eigenvalue weighted by Gasteiger charge is -2.26. The standard InChI is InChI=1S/C18H21F2N7O3S2/c1-18(2-3-18)25-32(28,29)12-8-11(9-26-4-6-30-7-5-26)14-21-22-15(27(14)10-12)17-24-23-16(31-17)13(19)20/h8,10,13,25H,2-7,9H2,1H3. The highest BCUT2D eigenvalue weighted by Crippen LogP contribution is 2.36. The van der Waals surface area contributed by atoms with Gasteiger partial charge in [0.2, 0.25) is 10.0 Å². The highest BCUT2D eigenvalue weighted by molar-refractivity contribution is 7.89. The van der Waals surface area contributed by atoms with Crippen molar-refractivity contribution in [1.29, 1.82) is 0 Å². The summed E-state index contributed by atoms with van der Waals surface area (Å²) >= 11 is 0.701. The number of halogens is 2. The Labute approximate surface area is 186 Å². The van der Waals surface area contributed by atoms with E-state index in [4.69, 9.17) is 4.74 Å². The molecule has 0 bridgehead atoms. The molecule has 10 nitrogen and oxygen atoms in total. The summed E-state index contributed by atoms with van der Waals surface area (Å²) in [6.45, 7) is 4.89. The van der Waals surface area contributed by atoms with Crippen molar-refractivity contribution < 1.29 is 21.9 Å². The van der Waals surface area contributed by atoms with E-state index in [9.17, 15) is 17.2 Å². The van der Waals surface area contributed by atoms with Crippen LogP contribution >= 0.6 is 11.3 Å². The Bertz CT molecular complexity index is 1250. The molecule has 1 N–H and O–H groups in total. The molecule has 0 aromatic carbocycles. The fourth-order valence-electron chi connectivity index (χ4n) is 3.53. The first kappa shape index (κ1) is 21.7. The van der Waals surface area contributed by atoms with Gasteiger partial charge in [-0.1, -0.05) is 11.3 Å². The zero-order chi connectivity index (χ0) is 22.5. The number of rotatable bonds is 7. The van der Waals surface area contributed by atoms with E-state index in [2.05, 4.69) is 30.0 Å². The van der Waals surface area contributed by atoms with Crippen molar-refractivity contribution in [3.05, 3.63) is 22.8 Å². The van der Waals surface area contributed by atoms with E-state index in [1.54, 1.807) is 6.07 Å². The number of nitrogens with zero attached hydrogens (tertiary/aromatic N) is 6. The van der Waals surface area contributed by atoms with Gasteiger partial charge in [-0.25, -0.2) is 21.9 Å². The van der Waals surface area contributed by atoms with Crippen LogP contribution in [0.2, 0.25) is 0 Å². The second-order valence-corrected chi connectivity index (χ2v) is 10.9. The molecule has 4 heterocycles. The van der Waals surface area contributed by atoms with Crippen LogP contribution < -0.4 is 4.72 Å². The van der Waals surface area contributed by atoms with Crippen molar-refractivity contribution in [2.45, 2.75) is 43.2 Å². The fourth-order valence-corrected chi connectivity index (χ4v) is 5.72. The molecule has 172 valence electrons. The molecule has 3 aromatic heterocycles. The second-order valence-electron chi connectivity index (χ2n) is 8.22. The molecule has 0 unspecified atom stereocenters. The van der Waals surface area contributed by atoms with E-state index in [1.165, 1.54) is 10.6 Å². The molecule has 3 aromatic rings. The Kier molecular flexibility index (Phi) is 5.44. The molecule has 0 atom stereocenters. The molecule has 1 aliphatic heterocycles. The number of nitrogens with one attached hydrogen (secondary N) is 1. The molecule has 1 saturated heterocycles. The Balaban J connectivity index is 1.61. The number of alkyl halides is 2. The Morgan fingerprint density at radius 3 is 2.62 bits per heavy atom. The molecule has 5 rings (SSSR count). The van der Waals surface area contributed by atoms with E-state index < -0.39 is 27.0 Å². The average Bonchev–Trinajstić information content (AvgIpc) is 3.15. The summed E-state index contributed by atoms with van der Waals surface area (Å²) in [6, 6.07) is 1.60. The molecule has 0 amide bonds. The van der Waals surface area contributed by atoms with Gasteiger partial charge in [0.15, 0.2) is 21.5 Å². The zero-order valence-corrected chi connectivity index (χ0v) is 18.8. The monoisotopic (exact) mass is 485 g/mol. The molecule has 0 radical (unpaired) electrons. The van der Waals surface area contributed by atoms with Crippen LogP contribution in [-0.2, 0) is 21.3 Å². The Morgan fingerprint density at radius 1 is 1.22 bits per heavy atom. The number of hydrogen-bond acceptors (Lipinski definition) is 9. The predicted molar refractivity (Wildman–Crippen MR) is 111 cm³/mol. The van der Waals surface area contributed by atoms with E-state index in [0.29, 0.717) is 55.4 Å². The van der Waals surface area contributed by atoms with E-state index in [-0.39, 0.29) is 15.7 Å². The van der Waals surface area contributed by atoms with Gasteiger partial charge in [-0.15, -0.1) is 20.4 Å². The predicted octanol–water partition coefficient (Wildman–Crippen LogP) is 1.85. The second kappa shape index (κ2) is 8.02. The van der Waals surface area contributed by atoms with Gasteiger partial charge in [-0.2, -0.15) is 0 Å². The first-order chi connectivity index (χ1) is 15.2. The van der Waals surface area contributed by atoms with Crippen LogP contribution in [-0.4, -0.2) is 70.0 Å². The van der Waals surface area contributed by atoms with Crippen molar-refractivity contribution >= 4 is 27.0 Å². The molecule has 0 spiro atoms. The van der Waals surface area contributed by atoms with Crippen LogP contribution in [0.15, 0.2) is 17.2 Å². The molecule has 1 aliphatic carbocycles. The first-order valence-electron chi connectivity index (χ1n) is 10.1. The van der Waals surface area contributed by atoms with Gasteiger partial charge < -0.3 is 4.74 Å². The van der Waals surface area contributed by atoms with Crippen LogP contribution in [0.4, 0.5) is 8.78 Å². The normalized spacial score (nSPS) is 19.1. The molecule has 32 heavy (non-hydrogen) atoms. The number of aromatic nitrogens is 5. The molecule has 2 fully saturated rings. The summed E-state index contributed by atoms with van der Waals surface area (Å²) in [6.07, 6.45) is 0.199. The molecular formula is C18H21F2N7O3S2. The lowest BCUT2D eigenvalue weighted by Crippen LogP contribution is -2.36. The van der Waals surface area contributed by atoms with Gasteiger partial charge in [0.1, 0.15) is 0 Å². The van der Waals surface area contributed by atoms with Gasteiger partial charge in [0.05, 0.1) is 18.1 Å². The first-order valence-corrected chi connectivity index (χ1v) is 12.4. The zero-order valence-electron chi connectivity index (χ0n) is 17.2. The SMILES string of the molecule is CC1(NS(=O)(=O)c2cc(CN3CCOCC3)c3nnc(-c4nnc(C(F)F)s4)n3c2)CC1. The van der Waals surface area contributed by atoms with E-state index in [0.717, 1.165) is 12.8 Å². The van der Waals surface area contributed by atoms with E-state index >= 15 is 0 Å². The third-order valence-corrected chi connectivity index (χ3v) is 8.10. The van der Waals surface area contributed by atoms with Gasteiger partial charge in [0.25, 0.3) is 6.43 Å². The average molecular weight is 486 g/mol. The Morgan fingerprint density at radius 2 is 1.97 bits per heavy atom. The number of sulfonamides is 1. The van der Waals surface area contributed by atoms with Crippen LogP contribution in [0, 0.1) is 0 Å². The van der Waals surface area contributed by atoms with Gasteiger partial charge in [-0.05, 0) is 25.8 Å². The van der Waals surface area contributed by atoms with Gasteiger partial charge in [0, 0.05) is 36.9 Å². The van der Waals surface area contributed by atoms with E-state index in [1.807, 2.05) is 6.92 Å². The largest absolute Gasteiger partial charge is 0.379 e. The lowest BCUT2D eigenvalue weighted by molar-refractivity contribution is 0.0343. The summed E-state index contributed by atoms with van der Waals surface area (Å²) in [5.41, 5.74) is 0.657. The highest BCUT2D eigenvalue weighted by atomic mass is 32.2. The minimum absolute atomic E-state index is 0.0565. The molecule has 1 saturated carbocycles. The van der Waals surface area contributed by atoms with Crippen LogP contribution in [0.25, 0.3) is 16.5 Å². The summed E-state index contributed by atoms with van der Waals surface area (Å²) in [5, 5.41) is 15.4. The fraction of sp³-hybridized carbons (Fsp3) is 0.556. The maximum atomic E-state index is 13.1. The number of pyridine rings is 1.